The molecule has 0 unspecified atom stereocenters. The monoisotopic (exact) mass is 110 g/mol. The van der Waals surface area contributed by atoms with Crippen molar-refractivity contribution >= 4 is 0 Å². The maximum atomic E-state index is 9.43. The molecule has 0 saturated heterocycles. The van der Waals surface area contributed by atoms with Gasteiger partial charge < -0.3 is 9.62 Å². The highest BCUT2D eigenvalue weighted by atomic mass is 16.4. The first-order valence-corrected chi connectivity index (χ1v) is 1.90. The van der Waals surface area contributed by atoms with Crippen LogP contribution in [0.4, 0.5) is 0 Å². The predicted octanol–water partition coefficient (Wildman–Crippen LogP) is 0.853. The maximum Gasteiger partial charge on any atom is 0.360 e. The molecule has 0 aliphatic carbocycles. The average Bonchev–Trinajstić information content (AvgIpc) is 2.19. The summed E-state index contributed by atoms with van der Waals surface area (Å²) in [5.74, 6) is 0. The Labute approximate surface area is 45.2 Å². The molecule has 0 aliphatic rings. The number of hydrogen-bond donors (Lipinski definition) is 0. The molecular formula is C4H2N2O2. The normalized spacial score (nSPS) is 7.50. The molecule has 0 amide bonds. The van der Waals surface area contributed by atoms with E-state index < -0.39 is 0 Å². The summed E-state index contributed by atoms with van der Waals surface area (Å²) >= 11 is 0. The van der Waals surface area contributed by atoms with E-state index in [0.29, 0.717) is 5.69 Å². The van der Waals surface area contributed by atoms with Crippen LogP contribution in [0.15, 0.2) is 17.1 Å². The van der Waals surface area contributed by atoms with Gasteiger partial charge in [-0.1, -0.05) is 0 Å². The lowest BCUT2D eigenvalue weighted by molar-refractivity contribution is 0.557. The fraction of sp³-hybridized carbons (Fsp3) is 0. The van der Waals surface area contributed by atoms with Crippen LogP contribution in [-0.4, -0.2) is 4.98 Å². The van der Waals surface area contributed by atoms with E-state index in [4.69, 9.17) is 0 Å². The van der Waals surface area contributed by atoms with Crippen LogP contribution in [0.1, 0.15) is 5.69 Å². The summed E-state index contributed by atoms with van der Waals surface area (Å²) in [7, 11) is 0. The minimum absolute atomic E-state index is 0.319. The fourth-order valence-corrected chi connectivity index (χ4v) is 0.315. The summed E-state index contributed by atoms with van der Waals surface area (Å²) in [6.45, 7) is 0. The van der Waals surface area contributed by atoms with Crippen molar-refractivity contribution in [3.63, 3.8) is 0 Å². The van der Waals surface area contributed by atoms with Crippen molar-refractivity contribution in [2.75, 3.05) is 0 Å². The van der Waals surface area contributed by atoms with Gasteiger partial charge in [0.05, 0.1) is 0 Å². The van der Waals surface area contributed by atoms with E-state index in [0.717, 1.165) is 0 Å². The molecule has 0 N–H and O–H groups in total. The summed E-state index contributed by atoms with van der Waals surface area (Å²) in [6.07, 6.45) is 2.48. The lowest BCUT2D eigenvalue weighted by atomic mass is 10.6. The van der Waals surface area contributed by atoms with Crippen LogP contribution in [0, 0.1) is 11.3 Å². The lowest BCUT2D eigenvalue weighted by Crippen LogP contribution is -1.65. The first kappa shape index (κ1) is 4.65. The standard InChI is InChI=1S/C4H2N2O2/c7-6-1-4-2-8-3-5-4/h2-3H. The molecule has 4 heteroatoms. The Balaban J connectivity index is 2.88. The van der Waals surface area contributed by atoms with E-state index in [2.05, 4.69) is 20.5 Å². The molecule has 0 spiro atoms. The summed E-state index contributed by atoms with van der Waals surface area (Å²) in [6, 6.07) is 2.05. The van der Waals surface area contributed by atoms with Gasteiger partial charge in [-0.05, 0) is 0 Å². The Bertz CT molecular complexity index is 206. The third-order valence-electron chi connectivity index (χ3n) is 0.593. The Kier molecular flexibility index (Phi) is 1.15. The minimum atomic E-state index is 0.319. The largest absolute Gasteiger partial charge is 0.498 e. The highest BCUT2D eigenvalue weighted by Crippen LogP contribution is 1.89. The molecule has 0 radical (unpaired) electrons. The number of rotatable bonds is 0. The second-order valence-electron chi connectivity index (χ2n) is 1.08. The van der Waals surface area contributed by atoms with Gasteiger partial charge in [-0.25, -0.2) is 4.98 Å². The molecule has 0 bridgehead atoms. The van der Waals surface area contributed by atoms with Gasteiger partial charge in [0.25, 0.3) is 0 Å². The van der Waals surface area contributed by atoms with E-state index in [1.807, 2.05) is 0 Å². The third kappa shape index (κ3) is 0.763. The SMILES string of the molecule is [O-][N+]#Cc1cocn1. The first-order chi connectivity index (χ1) is 3.93. The van der Waals surface area contributed by atoms with Crippen LogP contribution in [0.5, 0.6) is 0 Å². The molecular weight excluding hydrogens is 108 g/mol. The second kappa shape index (κ2) is 1.98. The fourth-order valence-electron chi connectivity index (χ4n) is 0.315. The summed E-state index contributed by atoms with van der Waals surface area (Å²) in [5.41, 5.74) is 0.319. The van der Waals surface area contributed by atoms with Crippen molar-refractivity contribution < 1.29 is 4.42 Å². The summed E-state index contributed by atoms with van der Waals surface area (Å²) in [4.78, 5) is 3.53. The zero-order valence-electron chi connectivity index (χ0n) is 3.87. The molecule has 8 heavy (non-hydrogen) atoms. The van der Waals surface area contributed by atoms with Gasteiger partial charge in [-0.3, -0.25) is 0 Å². The van der Waals surface area contributed by atoms with Crippen LogP contribution in [0.2, 0.25) is 0 Å². The van der Waals surface area contributed by atoms with Crippen molar-refractivity contribution in [1.29, 1.82) is 0 Å². The highest BCUT2D eigenvalue weighted by Gasteiger charge is 1.93. The predicted molar refractivity (Wildman–Crippen MR) is 26.2 cm³/mol. The zero-order chi connectivity index (χ0) is 5.82. The van der Waals surface area contributed by atoms with Gasteiger partial charge in [0.2, 0.25) is 5.69 Å². The van der Waals surface area contributed by atoms with Gasteiger partial charge in [0, 0.05) is 5.01 Å². The lowest BCUT2D eigenvalue weighted by Gasteiger charge is -1.57. The molecule has 0 aromatic carbocycles. The highest BCUT2D eigenvalue weighted by molar-refractivity contribution is 5.18. The van der Waals surface area contributed by atoms with Gasteiger partial charge in [-0.15, -0.1) is 0 Å². The van der Waals surface area contributed by atoms with Crippen molar-refractivity contribution in [3.05, 3.63) is 28.6 Å². The number of aromatic nitrogens is 1. The van der Waals surface area contributed by atoms with Gasteiger partial charge in [0.15, 0.2) is 6.39 Å². The second-order valence-corrected chi connectivity index (χ2v) is 1.08. The number of nitrogens with zero attached hydrogens (tertiary/aromatic N) is 2. The quantitative estimate of drug-likeness (QED) is 0.465. The van der Waals surface area contributed by atoms with E-state index in [1.54, 1.807) is 0 Å². The Morgan fingerprint density at radius 1 is 1.88 bits per heavy atom. The summed E-state index contributed by atoms with van der Waals surface area (Å²) in [5, 5.41) is 11.8. The first-order valence-electron chi connectivity index (χ1n) is 1.90. The molecule has 1 heterocycles. The van der Waals surface area contributed by atoms with E-state index in [1.165, 1.54) is 12.7 Å². The van der Waals surface area contributed by atoms with Gasteiger partial charge >= 0.3 is 6.07 Å². The molecule has 40 valence electrons. The minimum Gasteiger partial charge on any atom is -0.498 e. The molecule has 4 nitrogen and oxygen atoms in total. The van der Waals surface area contributed by atoms with Crippen LogP contribution in [-0.2, 0) is 0 Å². The molecule has 0 saturated carbocycles. The van der Waals surface area contributed by atoms with Crippen LogP contribution >= 0.6 is 0 Å². The molecule has 0 fully saturated rings. The average molecular weight is 110 g/mol. The topological polar surface area (TPSA) is 53.5 Å². The van der Waals surface area contributed by atoms with E-state index in [-0.39, 0.29) is 0 Å². The molecule has 1 rings (SSSR count). The molecule has 0 atom stereocenters. The molecule has 0 aliphatic heterocycles. The molecule has 1 aromatic rings. The Morgan fingerprint density at radius 3 is 3.25 bits per heavy atom. The molecule has 1 aromatic heterocycles. The number of hydrogen-bond acceptors (Lipinski definition) is 3. The van der Waals surface area contributed by atoms with Crippen LogP contribution in [0.3, 0.4) is 0 Å². The van der Waals surface area contributed by atoms with Crippen LogP contribution in [0.25, 0.3) is 5.01 Å². The van der Waals surface area contributed by atoms with Crippen molar-refractivity contribution in [3.8, 4) is 6.07 Å². The van der Waals surface area contributed by atoms with Crippen molar-refractivity contribution in [2.45, 2.75) is 0 Å². The van der Waals surface area contributed by atoms with E-state index in [9.17, 15) is 5.21 Å². The summed E-state index contributed by atoms with van der Waals surface area (Å²) < 4.78 is 4.49. The van der Waals surface area contributed by atoms with Crippen molar-refractivity contribution in [2.24, 2.45) is 0 Å². The third-order valence-corrected chi connectivity index (χ3v) is 0.593. The number of oxazole rings is 1. The Hall–Kier alpha value is -1.50. The Morgan fingerprint density at radius 2 is 2.75 bits per heavy atom. The maximum absolute atomic E-state index is 9.43. The van der Waals surface area contributed by atoms with Crippen molar-refractivity contribution in [1.82, 2.24) is 4.98 Å². The van der Waals surface area contributed by atoms with Gasteiger partial charge in [0.1, 0.15) is 6.26 Å². The smallest absolute Gasteiger partial charge is 0.360 e. The zero-order valence-corrected chi connectivity index (χ0v) is 3.87. The van der Waals surface area contributed by atoms with Gasteiger partial charge in [-0.2, -0.15) is 0 Å². The van der Waals surface area contributed by atoms with Crippen LogP contribution < -0.4 is 0 Å². The van der Waals surface area contributed by atoms with E-state index >= 15 is 0 Å².